The Kier molecular flexibility index (Phi) is 6.06. The van der Waals surface area contributed by atoms with Gasteiger partial charge in [0.25, 0.3) is 11.6 Å². The van der Waals surface area contributed by atoms with Crippen LogP contribution < -0.4 is 10.2 Å². The maximum atomic E-state index is 12.3. The van der Waals surface area contributed by atoms with Crippen molar-refractivity contribution in [2.45, 2.75) is 0 Å². The maximum Gasteiger partial charge on any atom is 0.341 e. The molecular weight excluding hydrogens is 352 g/mol. The highest BCUT2D eigenvalue weighted by Gasteiger charge is 2.20. The molecule has 2 aromatic carbocycles. The fraction of sp³-hybridized carbons (Fsp3) is 0.167. The van der Waals surface area contributed by atoms with Crippen LogP contribution in [0.15, 0.2) is 42.5 Å². The van der Waals surface area contributed by atoms with Crippen LogP contribution in [0.25, 0.3) is 0 Å². The summed E-state index contributed by atoms with van der Waals surface area (Å²) in [4.78, 5) is 36.1. The lowest BCUT2D eigenvalue weighted by molar-refractivity contribution is -0.384. The standard InChI is InChI=1S/C18H16N4O5/c1-21(2)16-8-7-14(22(25)26)9-15(16)18(24)27-11-17(23)20-13-5-3-12(10-19)4-6-13/h3-9H,11H2,1-2H3,(H,20,23). The van der Waals surface area contributed by atoms with E-state index in [0.717, 1.165) is 6.07 Å². The van der Waals surface area contributed by atoms with Crippen LogP contribution in [0.5, 0.6) is 0 Å². The quantitative estimate of drug-likeness (QED) is 0.471. The second-order valence-corrected chi connectivity index (χ2v) is 5.67. The molecule has 0 bridgehead atoms. The number of ether oxygens (including phenoxy) is 1. The Hall–Kier alpha value is -3.93. The molecule has 1 N–H and O–H groups in total. The number of esters is 1. The minimum atomic E-state index is -0.850. The van der Waals surface area contributed by atoms with Crippen LogP contribution in [0.4, 0.5) is 17.1 Å². The molecule has 2 rings (SSSR count). The first-order chi connectivity index (χ1) is 12.8. The third-order valence-corrected chi connectivity index (χ3v) is 3.52. The Morgan fingerprint density at radius 1 is 1.22 bits per heavy atom. The molecule has 0 aliphatic rings. The Morgan fingerprint density at radius 2 is 1.89 bits per heavy atom. The Morgan fingerprint density at radius 3 is 2.44 bits per heavy atom. The molecule has 0 heterocycles. The van der Waals surface area contributed by atoms with Crippen LogP contribution in [0.1, 0.15) is 15.9 Å². The van der Waals surface area contributed by atoms with Crippen molar-refractivity contribution in [3.05, 3.63) is 63.7 Å². The Bertz CT molecular complexity index is 916. The SMILES string of the molecule is CN(C)c1ccc([N+](=O)[O-])cc1C(=O)OCC(=O)Nc1ccc(C#N)cc1. The lowest BCUT2D eigenvalue weighted by Crippen LogP contribution is -2.22. The smallest absolute Gasteiger partial charge is 0.341 e. The highest BCUT2D eigenvalue weighted by atomic mass is 16.6. The zero-order valence-corrected chi connectivity index (χ0v) is 14.6. The van der Waals surface area contributed by atoms with Gasteiger partial charge in [0.2, 0.25) is 0 Å². The van der Waals surface area contributed by atoms with Crippen LogP contribution in [0.2, 0.25) is 0 Å². The summed E-state index contributed by atoms with van der Waals surface area (Å²) in [5.41, 5.74) is 1.05. The first-order valence-electron chi connectivity index (χ1n) is 7.74. The second-order valence-electron chi connectivity index (χ2n) is 5.67. The van der Waals surface area contributed by atoms with Crippen LogP contribution in [0, 0.1) is 21.4 Å². The van der Waals surface area contributed by atoms with E-state index in [1.54, 1.807) is 31.1 Å². The lowest BCUT2D eigenvalue weighted by Gasteiger charge is -2.16. The number of nitro groups is 1. The molecule has 2 aromatic rings. The molecular formula is C18H16N4O5. The monoisotopic (exact) mass is 368 g/mol. The van der Waals surface area contributed by atoms with Crippen LogP contribution in [0.3, 0.4) is 0 Å². The van der Waals surface area contributed by atoms with E-state index in [1.165, 1.54) is 24.3 Å². The molecule has 0 fully saturated rings. The largest absolute Gasteiger partial charge is 0.452 e. The molecule has 1 amide bonds. The van der Waals surface area contributed by atoms with Gasteiger partial charge >= 0.3 is 5.97 Å². The summed E-state index contributed by atoms with van der Waals surface area (Å²) in [6, 6.07) is 11.9. The number of carbonyl (C=O) groups excluding carboxylic acids is 2. The molecule has 0 aromatic heterocycles. The summed E-state index contributed by atoms with van der Waals surface area (Å²) < 4.78 is 4.98. The number of non-ortho nitro benzene ring substituents is 1. The van der Waals surface area contributed by atoms with Gasteiger partial charge < -0.3 is 15.0 Å². The summed E-state index contributed by atoms with van der Waals surface area (Å²) in [5.74, 6) is -1.43. The van der Waals surface area contributed by atoms with Gasteiger partial charge in [0, 0.05) is 31.9 Å². The van der Waals surface area contributed by atoms with Crippen molar-refractivity contribution in [1.82, 2.24) is 0 Å². The van der Waals surface area contributed by atoms with E-state index >= 15 is 0 Å². The van der Waals surface area contributed by atoms with Gasteiger partial charge in [0.15, 0.2) is 6.61 Å². The van der Waals surface area contributed by atoms with Gasteiger partial charge in [0.05, 0.1) is 27.8 Å². The highest BCUT2D eigenvalue weighted by molar-refractivity contribution is 5.99. The Balaban J connectivity index is 2.05. The average Bonchev–Trinajstić information content (AvgIpc) is 2.66. The van der Waals surface area contributed by atoms with Crippen LogP contribution in [-0.2, 0) is 9.53 Å². The van der Waals surface area contributed by atoms with Crippen molar-refractivity contribution < 1.29 is 19.2 Å². The number of nitrogens with one attached hydrogen (secondary N) is 1. The van der Waals surface area contributed by atoms with Crippen molar-refractivity contribution in [3.8, 4) is 6.07 Å². The van der Waals surface area contributed by atoms with E-state index in [4.69, 9.17) is 10.00 Å². The van der Waals surface area contributed by atoms with Gasteiger partial charge in [-0.2, -0.15) is 5.26 Å². The van der Waals surface area contributed by atoms with Crippen LogP contribution >= 0.6 is 0 Å². The number of hydrogen-bond acceptors (Lipinski definition) is 7. The van der Waals surface area contributed by atoms with Crippen LogP contribution in [-0.4, -0.2) is 37.5 Å². The van der Waals surface area contributed by atoms with Crippen molar-refractivity contribution in [2.24, 2.45) is 0 Å². The van der Waals surface area contributed by atoms with Crippen molar-refractivity contribution in [3.63, 3.8) is 0 Å². The van der Waals surface area contributed by atoms with Crippen molar-refractivity contribution in [2.75, 3.05) is 30.9 Å². The number of nitro benzene ring substituents is 1. The van der Waals surface area contributed by atoms with E-state index in [2.05, 4.69) is 5.32 Å². The molecule has 0 saturated heterocycles. The predicted molar refractivity (Wildman–Crippen MR) is 97.5 cm³/mol. The molecule has 0 radical (unpaired) electrons. The summed E-state index contributed by atoms with van der Waals surface area (Å²) in [5, 5.41) is 22.2. The van der Waals surface area contributed by atoms with Crippen molar-refractivity contribution >= 4 is 28.9 Å². The normalized spacial score (nSPS) is 9.81. The van der Waals surface area contributed by atoms with E-state index in [1.807, 2.05) is 6.07 Å². The van der Waals surface area contributed by atoms with Gasteiger partial charge in [-0.3, -0.25) is 14.9 Å². The number of anilines is 2. The van der Waals surface area contributed by atoms with Gasteiger partial charge in [-0.15, -0.1) is 0 Å². The van der Waals surface area contributed by atoms with E-state index < -0.39 is 23.4 Å². The topological polar surface area (TPSA) is 126 Å². The number of rotatable bonds is 6. The summed E-state index contributed by atoms with van der Waals surface area (Å²) in [7, 11) is 3.35. The molecule has 9 nitrogen and oxygen atoms in total. The molecule has 27 heavy (non-hydrogen) atoms. The predicted octanol–water partition coefficient (Wildman–Crippen LogP) is 2.33. The zero-order chi connectivity index (χ0) is 20.0. The number of benzene rings is 2. The molecule has 0 unspecified atom stereocenters. The second kappa shape index (κ2) is 8.44. The minimum absolute atomic E-state index is 0.0135. The fourth-order valence-electron chi connectivity index (χ4n) is 2.23. The van der Waals surface area contributed by atoms with Crippen molar-refractivity contribution in [1.29, 1.82) is 5.26 Å². The van der Waals surface area contributed by atoms with Gasteiger partial charge in [0.1, 0.15) is 0 Å². The number of carbonyl (C=O) groups is 2. The fourth-order valence-corrected chi connectivity index (χ4v) is 2.23. The zero-order valence-electron chi connectivity index (χ0n) is 14.6. The molecule has 138 valence electrons. The van der Waals surface area contributed by atoms with E-state index in [0.29, 0.717) is 16.9 Å². The molecule has 0 aliphatic carbocycles. The molecule has 0 aliphatic heterocycles. The van der Waals surface area contributed by atoms with Gasteiger partial charge in [-0.25, -0.2) is 4.79 Å². The summed E-state index contributed by atoms with van der Waals surface area (Å²) in [6.45, 7) is -0.561. The minimum Gasteiger partial charge on any atom is -0.452 e. The molecule has 9 heteroatoms. The molecule has 0 saturated carbocycles. The van der Waals surface area contributed by atoms with E-state index in [-0.39, 0.29) is 11.3 Å². The lowest BCUT2D eigenvalue weighted by atomic mass is 10.1. The van der Waals surface area contributed by atoms with Gasteiger partial charge in [-0.1, -0.05) is 0 Å². The molecule has 0 spiro atoms. The first kappa shape index (κ1) is 19.4. The number of nitriles is 1. The number of amides is 1. The third kappa shape index (κ3) is 5.02. The summed E-state index contributed by atoms with van der Waals surface area (Å²) >= 11 is 0. The number of nitrogens with zero attached hydrogens (tertiary/aromatic N) is 3. The third-order valence-electron chi connectivity index (χ3n) is 3.52. The maximum absolute atomic E-state index is 12.3. The average molecular weight is 368 g/mol. The summed E-state index contributed by atoms with van der Waals surface area (Å²) in [6.07, 6.45) is 0. The van der Waals surface area contributed by atoms with Gasteiger partial charge in [-0.05, 0) is 30.3 Å². The highest BCUT2D eigenvalue weighted by Crippen LogP contribution is 2.25. The first-order valence-corrected chi connectivity index (χ1v) is 7.74. The van der Waals surface area contributed by atoms with E-state index in [9.17, 15) is 19.7 Å². The number of hydrogen-bond donors (Lipinski definition) is 1. The Labute approximate surface area is 154 Å². The molecule has 0 atom stereocenters.